The molecule has 2 aromatic carbocycles. The van der Waals surface area contributed by atoms with Crippen molar-refractivity contribution in [1.29, 1.82) is 0 Å². The lowest BCUT2D eigenvalue weighted by Gasteiger charge is -2.13. The summed E-state index contributed by atoms with van der Waals surface area (Å²) in [6.07, 6.45) is 0. The van der Waals surface area contributed by atoms with Gasteiger partial charge in [-0.3, -0.25) is 4.79 Å². The van der Waals surface area contributed by atoms with E-state index in [-0.39, 0.29) is 5.97 Å². The van der Waals surface area contributed by atoms with E-state index in [0.717, 1.165) is 11.1 Å². The van der Waals surface area contributed by atoms with Crippen molar-refractivity contribution >= 4 is 23.4 Å². The monoisotopic (exact) mass is 355 g/mol. The van der Waals surface area contributed by atoms with Crippen molar-refractivity contribution in [2.75, 3.05) is 12.3 Å². The second kappa shape index (κ2) is 7.85. The Bertz CT molecular complexity index is 834. The summed E-state index contributed by atoms with van der Waals surface area (Å²) < 4.78 is 10.9. The Kier molecular flexibility index (Phi) is 5.35. The highest BCUT2D eigenvalue weighted by Crippen LogP contribution is 2.36. The van der Waals surface area contributed by atoms with Crippen molar-refractivity contribution in [3.8, 4) is 11.5 Å². The molecule has 0 saturated heterocycles. The summed E-state index contributed by atoms with van der Waals surface area (Å²) in [5.74, 6) is 0.0316. The third-order valence-electron chi connectivity index (χ3n) is 3.39. The average molecular weight is 355 g/mol. The topological polar surface area (TPSA) is 91.2 Å². The molecule has 2 N–H and O–H groups in total. The number of carbonyl (C=O) groups is 1. The van der Waals surface area contributed by atoms with Crippen LogP contribution in [0.25, 0.3) is 11.5 Å². The third kappa shape index (κ3) is 4.19. The molecule has 0 amide bonds. The van der Waals surface area contributed by atoms with E-state index in [2.05, 4.69) is 10.2 Å². The molecule has 3 aromatic rings. The largest absolute Gasteiger partial charge is 0.465 e. The average Bonchev–Trinajstić information content (AvgIpc) is 3.10. The van der Waals surface area contributed by atoms with Crippen molar-refractivity contribution in [3.63, 3.8) is 0 Å². The van der Waals surface area contributed by atoms with Gasteiger partial charge in [0.05, 0.1) is 6.61 Å². The Morgan fingerprint density at radius 2 is 1.88 bits per heavy atom. The maximum Gasteiger partial charge on any atom is 0.324 e. The van der Waals surface area contributed by atoms with Gasteiger partial charge in [0, 0.05) is 11.3 Å². The van der Waals surface area contributed by atoms with E-state index < -0.39 is 5.25 Å². The Morgan fingerprint density at radius 1 is 1.16 bits per heavy atom. The number of nitrogens with zero attached hydrogens (tertiary/aromatic N) is 2. The van der Waals surface area contributed by atoms with Gasteiger partial charge in [0.25, 0.3) is 5.22 Å². The van der Waals surface area contributed by atoms with Gasteiger partial charge in [0.1, 0.15) is 5.25 Å². The fourth-order valence-corrected chi connectivity index (χ4v) is 3.07. The number of hydrogen-bond acceptors (Lipinski definition) is 7. The van der Waals surface area contributed by atoms with E-state index in [1.54, 1.807) is 31.2 Å². The number of nitrogens with two attached hydrogens (primary N) is 1. The summed E-state index contributed by atoms with van der Waals surface area (Å²) in [5, 5.41) is 7.80. The van der Waals surface area contributed by atoms with Crippen LogP contribution in [0.5, 0.6) is 0 Å². The number of carbonyl (C=O) groups excluding carboxylic acids is 1. The van der Waals surface area contributed by atoms with Gasteiger partial charge in [0.15, 0.2) is 0 Å². The fourth-order valence-electron chi connectivity index (χ4n) is 2.20. The van der Waals surface area contributed by atoms with Crippen LogP contribution in [0.1, 0.15) is 17.7 Å². The molecule has 0 aliphatic heterocycles. The van der Waals surface area contributed by atoms with Crippen molar-refractivity contribution in [3.05, 3.63) is 60.2 Å². The highest BCUT2D eigenvalue weighted by Gasteiger charge is 2.26. The van der Waals surface area contributed by atoms with Gasteiger partial charge in [-0.05, 0) is 48.5 Å². The van der Waals surface area contributed by atoms with Gasteiger partial charge < -0.3 is 14.9 Å². The number of thioether (sulfide) groups is 1. The number of nitrogen functional groups attached to an aromatic ring is 1. The molecule has 0 aliphatic rings. The van der Waals surface area contributed by atoms with Gasteiger partial charge in [-0.1, -0.05) is 30.3 Å². The number of rotatable bonds is 6. The highest BCUT2D eigenvalue weighted by atomic mass is 32.2. The Morgan fingerprint density at radius 3 is 2.56 bits per heavy atom. The quantitative estimate of drug-likeness (QED) is 0.409. The third-order valence-corrected chi connectivity index (χ3v) is 4.45. The molecule has 1 aromatic heterocycles. The number of benzene rings is 2. The zero-order chi connectivity index (χ0) is 17.6. The van der Waals surface area contributed by atoms with Crippen LogP contribution >= 0.6 is 11.8 Å². The molecule has 0 fully saturated rings. The first-order chi connectivity index (χ1) is 12.2. The summed E-state index contributed by atoms with van der Waals surface area (Å²) in [7, 11) is 0. The first-order valence-corrected chi connectivity index (χ1v) is 8.63. The summed E-state index contributed by atoms with van der Waals surface area (Å²) >= 11 is 1.17. The Balaban J connectivity index is 1.82. The molecule has 25 heavy (non-hydrogen) atoms. The van der Waals surface area contributed by atoms with E-state index in [9.17, 15) is 4.79 Å². The normalized spacial score (nSPS) is 11.9. The van der Waals surface area contributed by atoms with E-state index >= 15 is 0 Å². The van der Waals surface area contributed by atoms with Crippen LogP contribution in [0.15, 0.2) is 64.2 Å². The van der Waals surface area contributed by atoms with E-state index in [4.69, 9.17) is 14.9 Å². The minimum atomic E-state index is -0.569. The first-order valence-electron chi connectivity index (χ1n) is 7.75. The van der Waals surface area contributed by atoms with Crippen LogP contribution in [-0.4, -0.2) is 22.8 Å². The van der Waals surface area contributed by atoms with Crippen molar-refractivity contribution < 1.29 is 13.9 Å². The van der Waals surface area contributed by atoms with Crippen LogP contribution < -0.4 is 5.73 Å². The molecule has 0 spiro atoms. The summed E-state index contributed by atoms with van der Waals surface area (Å²) in [6, 6.07) is 16.5. The molecule has 128 valence electrons. The maximum absolute atomic E-state index is 12.3. The van der Waals surface area contributed by atoms with Gasteiger partial charge in [-0.25, -0.2) is 0 Å². The van der Waals surface area contributed by atoms with Gasteiger partial charge in [-0.2, -0.15) is 0 Å². The molecule has 1 unspecified atom stereocenters. The second-order valence-corrected chi connectivity index (χ2v) is 6.21. The number of ether oxygens (including phenoxy) is 1. The lowest BCUT2D eigenvalue weighted by Crippen LogP contribution is -2.13. The van der Waals surface area contributed by atoms with Crippen molar-refractivity contribution in [2.24, 2.45) is 0 Å². The molecule has 6 nitrogen and oxygen atoms in total. The number of anilines is 1. The zero-order valence-electron chi connectivity index (χ0n) is 13.6. The molecule has 0 saturated carbocycles. The van der Waals surface area contributed by atoms with Crippen molar-refractivity contribution in [1.82, 2.24) is 10.2 Å². The standard InChI is InChI=1S/C18H17N3O3S/c1-2-23-17(22)15(12-6-4-3-5-7-12)25-18-21-20-16(24-18)13-8-10-14(19)11-9-13/h3-11,15H,2,19H2,1H3. The number of hydrogen-bond donors (Lipinski definition) is 1. The minimum Gasteiger partial charge on any atom is -0.465 e. The Hall–Kier alpha value is -2.80. The lowest BCUT2D eigenvalue weighted by molar-refractivity contribution is -0.142. The minimum absolute atomic E-state index is 0.300. The molecule has 0 aliphatic carbocycles. The molecule has 7 heteroatoms. The molecule has 3 rings (SSSR count). The van der Waals surface area contributed by atoms with Crippen LogP contribution in [-0.2, 0) is 9.53 Å². The number of aromatic nitrogens is 2. The predicted molar refractivity (Wildman–Crippen MR) is 95.8 cm³/mol. The predicted octanol–water partition coefficient (Wildman–Crippen LogP) is 3.72. The second-order valence-electron chi connectivity index (χ2n) is 5.16. The molecular weight excluding hydrogens is 338 g/mol. The number of esters is 1. The molecule has 1 heterocycles. The van der Waals surface area contributed by atoms with Gasteiger partial charge >= 0.3 is 5.97 Å². The van der Waals surface area contributed by atoms with E-state index in [0.29, 0.717) is 23.4 Å². The van der Waals surface area contributed by atoms with E-state index in [1.807, 2.05) is 30.3 Å². The molecule has 1 atom stereocenters. The van der Waals surface area contributed by atoms with Crippen LogP contribution in [0.3, 0.4) is 0 Å². The fraction of sp³-hybridized carbons (Fsp3) is 0.167. The summed E-state index contributed by atoms with van der Waals surface area (Å²) in [5.41, 5.74) is 7.92. The molecule has 0 radical (unpaired) electrons. The Labute approximate surface area is 149 Å². The van der Waals surface area contributed by atoms with Crippen LogP contribution in [0.2, 0.25) is 0 Å². The molecular formula is C18H17N3O3S. The lowest BCUT2D eigenvalue weighted by atomic mass is 10.1. The zero-order valence-corrected chi connectivity index (χ0v) is 14.4. The van der Waals surface area contributed by atoms with Gasteiger partial charge in [-0.15, -0.1) is 10.2 Å². The maximum atomic E-state index is 12.3. The smallest absolute Gasteiger partial charge is 0.324 e. The SMILES string of the molecule is CCOC(=O)C(Sc1nnc(-c2ccc(N)cc2)o1)c1ccccc1. The summed E-state index contributed by atoms with van der Waals surface area (Å²) in [4.78, 5) is 12.3. The summed E-state index contributed by atoms with van der Waals surface area (Å²) in [6.45, 7) is 2.08. The van der Waals surface area contributed by atoms with Crippen molar-refractivity contribution in [2.45, 2.75) is 17.4 Å². The molecule has 0 bridgehead atoms. The van der Waals surface area contributed by atoms with Crippen LogP contribution in [0, 0.1) is 0 Å². The highest BCUT2D eigenvalue weighted by molar-refractivity contribution is 8.00. The first kappa shape index (κ1) is 17.0. The van der Waals surface area contributed by atoms with Gasteiger partial charge in [0.2, 0.25) is 5.89 Å². The van der Waals surface area contributed by atoms with Crippen LogP contribution in [0.4, 0.5) is 5.69 Å². The van der Waals surface area contributed by atoms with E-state index in [1.165, 1.54) is 11.8 Å².